The number of halogens is 5. The van der Waals surface area contributed by atoms with Crippen LogP contribution in [0.2, 0.25) is 25.1 Å². The summed E-state index contributed by atoms with van der Waals surface area (Å²) < 4.78 is 13.0. The smallest absolute Gasteiger partial charge is 0.291 e. The van der Waals surface area contributed by atoms with Gasteiger partial charge in [0.1, 0.15) is 22.4 Å². The van der Waals surface area contributed by atoms with Crippen molar-refractivity contribution in [3.8, 4) is 5.75 Å². The number of hydrogen-bond acceptors (Lipinski definition) is 4. The lowest BCUT2D eigenvalue weighted by atomic mass is 10.2. The zero-order chi connectivity index (χ0) is 23.5. The SMILES string of the molecule is O=C(Nc1cccc(Cn2cccn2)c1)c1ccc(COc2c(Cl)c(Cl)c(Cl)c(Cl)c2Cl)o1. The molecule has 4 aromatic rings. The average Bonchev–Trinajstić information content (AvgIpc) is 3.49. The molecule has 2 heterocycles. The Kier molecular flexibility index (Phi) is 7.41. The van der Waals surface area contributed by atoms with Crippen molar-refractivity contribution in [2.24, 2.45) is 0 Å². The monoisotopic (exact) mass is 543 g/mol. The summed E-state index contributed by atoms with van der Waals surface area (Å²) in [5, 5.41) is 7.12. The van der Waals surface area contributed by atoms with E-state index in [4.69, 9.17) is 67.2 Å². The van der Waals surface area contributed by atoms with Gasteiger partial charge < -0.3 is 14.5 Å². The van der Waals surface area contributed by atoms with Crippen LogP contribution in [-0.4, -0.2) is 15.7 Å². The van der Waals surface area contributed by atoms with Gasteiger partial charge in [0.15, 0.2) is 11.5 Å². The number of nitrogens with one attached hydrogen (secondary N) is 1. The maximum atomic E-state index is 12.6. The Morgan fingerprint density at radius 3 is 2.39 bits per heavy atom. The van der Waals surface area contributed by atoms with E-state index in [1.54, 1.807) is 23.0 Å². The Bertz CT molecular complexity index is 1280. The van der Waals surface area contributed by atoms with E-state index in [0.29, 0.717) is 18.0 Å². The van der Waals surface area contributed by atoms with E-state index in [1.807, 2.05) is 30.5 Å². The standard InChI is InChI=1S/C22H14Cl5N3O3/c23-16-17(24)19(26)21(20(27)18(16)25)32-11-14-5-6-15(33-14)22(31)29-13-4-1-3-12(9-13)10-30-8-2-7-28-30/h1-9H,10-11H2,(H,29,31). The van der Waals surface area contributed by atoms with E-state index in [0.717, 1.165) is 5.56 Å². The maximum absolute atomic E-state index is 12.6. The summed E-state index contributed by atoms with van der Waals surface area (Å²) in [4.78, 5) is 12.6. The molecule has 1 N–H and O–H groups in total. The van der Waals surface area contributed by atoms with Crippen LogP contribution in [0.3, 0.4) is 0 Å². The van der Waals surface area contributed by atoms with E-state index in [9.17, 15) is 4.79 Å². The molecule has 0 atom stereocenters. The van der Waals surface area contributed by atoms with Crippen LogP contribution in [0.15, 0.2) is 59.3 Å². The summed E-state index contributed by atoms with van der Waals surface area (Å²) in [6.07, 6.45) is 3.58. The van der Waals surface area contributed by atoms with Gasteiger partial charge in [-0.15, -0.1) is 0 Å². The predicted molar refractivity (Wildman–Crippen MR) is 130 cm³/mol. The quantitative estimate of drug-likeness (QED) is 0.192. The van der Waals surface area contributed by atoms with Gasteiger partial charge in [-0.3, -0.25) is 9.48 Å². The van der Waals surface area contributed by atoms with Gasteiger partial charge >= 0.3 is 0 Å². The van der Waals surface area contributed by atoms with Crippen LogP contribution in [-0.2, 0) is 13.2 Å². The molecule has 170 valence electrons. The number of hydrogen-bond donors (Lipinski definition) is 1. The number of rotatable bonds is 7. The van der Waals surface area contributed by atoms with Gasteiger partial charge in [0.05, 0.1) is 21.6 Å². The summed E-state index contributed by atoms with van der Waals surface area (Å²) >= 11 is 30.4. The molecule has 0 fully saturated rings. The number of carbonyl (C=O) groups excluding carboxylic acids is 1. The topological polar surface area (TPSA) is 69.3 Å². The van der Waals surface area contributed by atoms with Crippen molar-refractivity contribution >= 4 is 69.6 Å². The molecule has 0 saturated carbocycles. The molecule has 2 aromatic carbocycles. The fourth-order valence-corrected chi connectivity index (χ4v) is 4.18. The largest absolute Gasteiger partial charge is 0.482 e. The first-order valence-electron chi connectivity index (χ1n) is 9.44. The Balaban J connectivity index is 1.41. The van der Waals surface area contributed by atoms with Crippen LogP contribution in [0.25, 0.3) is 0 Å². The van der Waals surface area contributed by atoms with Crippen LogP contribution in [0.5, 0.6) is 5.75 Å². The molecule has 0 spiro atoms. The highest BCUT2D eigenvalue weighted by Crippen LogP contribution is 2.48. The van der Waals surface area contributed by atoms with Crippen LogP contribution < -0.4 is 10.1 Å². The number of ether oxygens (including phenoxy) is 1. The zero-order valence-electron chi connectivity index (χ0n) is 16.6. The second kappa shape index (κ2) is 10.3. The maximum Gasteiger partial charge on any atom is 0.291 e. The Morgan fingerprint density at radius 2 is 1.70 bits per heavy atom. The molecule has 0 unspecified atom stereocenters. The normalized spacial score (nSPS) is 10.9. The number of carbonyl (C=O) groups is 1. The van der Waals surface area contributed by atoms with Gasteiger partial charge in [-0.1, -0.05) is 70.1 Å². The Labute approximate surface area is 213 Å². The van der Waals surface area contributed by atoms with Crippen LogP contribution in [0.4, 0.5) is 5.69 Å². The van der Waals surface area contributed by atoms with Crippen molar-refractivity contribution < 1.29 is 13.9 Å². The van der Waals surface area contributed by atoms with Crippen molar-refractivity contribution in [3.05, 3.63) is 97.1 Å². The summed E-state index contributed by atoms with van der Waals surface area (Å²) in [5.74, 6) is 0.123. The van der Waals surface area contributed by atoms with Crippen molar-refractivity contribution in [2.45, 2.75) is 13.2 Å². The third kappa shape index (κ3) is 5.42. The minimum absolute atomic E-state index is 0.0237. The predicted octanol–water partition coefficient (Wildman–Crippen LogP) is 7.62. The highest BCUT2D eigenvalue weighted by Gasteiger charge is 2.21. The van der Waals surface area contributed by atoms with Crippen molar-refractivity contribution in [2.75, 3.05) is 5.32 Å². The average molecular weight is 546 g/mol. The molecule has 33 heavy (non-hydrogen) atoms. The van der Waals surface area contributed by atoms with Crippen molar-refractivity contribution in [1.82, 2.24) is 9.78 Å². The van der Waals surface area contributed by atoms with Gasteiger partial charge in [0, 0.05) is 18.1 Å². The number of amides is 1. The minimum atomic E-state index is -0.411. The molecule has 0 saturated heterocycles. The zero-order valence-corrected chi connectivity index (χ0v) is 20.4. The Hall–Kier alpha value is -2.35. The lowest BCUT2D eigenvalue weighted by molar-refractivity contribution is 0.0992. The van der Waals surface area contributed by atoms with E-state index >= 15 is 0 Å². The molecule has 0 radical (unpaired) electrons. The molecule has 1 amide bonds. The molecule has 0 aliphatic heterocycles. The third-order valence-corrected chi connectivity index (χ3v) is 6.74. The molecule has 0 aliphatic carbocycles. The number of aromatic nitrogens is 2. The lowest BCUT2D eigenvalue weighted by Gasteiger charge is -2.12. The molecule has 0 bridgehead atoms. The number of furan rings is 1. The summed E-state index contributed by atoms with van der Waals surface area (Å²) in [6, 6.07) is 12.4. The molecule has 4 rings (SSSR count). The van der Waals surface area contributed by atoms with Gasteiger partial charge in [0.25, 0.3) is 5.91 Å². The number of nitrogens with zero attached hydrogens (tertiary/aromatic N) is 2. The summed E-state index contributed by atoms with van der Waals surface area (Å²) in [5.41, 5.74) is 1.61. The highest BCUT2D eigenvalue weighted by atomic mass is 35.5. The first-order chi connectivity index (χ1) is 15.8. The molecular weight excluding hydrogens is 532 g/mol. The summed E-state index contributed by atoms with van der Waals surface area (Å²) in [6.45, 7) is 0.517. The van der Waals surface area contributed by atoms with Gasteiger partial charge in [-0.25, -0.2) is 0 Å². The molecule has 0 aliphatic rings. The second-order valence-corrected chi connectivity index (χ2v) is 8.70. The summed E-state index contributed by atoms with van der Waals surface area (Å²) in [7, 11) is 0. The van der Waals surface area contributed by atoms with E-state index in [-0.39, 0.29) is 43.2 Å². The van der Waals surface area contributed by atoms with Gasteiger partial charge in [-0.05, 0) is 35.9 Å². The van der Waals surface area contributed by atoms with E-state index in [1.165, 1.54) is 6.07 Å². The second-order valence-electron chi connectivity index (χ2n) is 6.81. The van der Waals surface area contributed by atoms with Crippen LogP contribution in [0.1, 0.15) is 21.9 Å². The van der Waals surface area contributed by atoms with Gasteiger partial charge in [0.2, 0.25) is 0 Å². The fourth-order valence-electron chi connectivity index (χ4n) is 2.95. The van der Waals surface area contributed by atoms with Crippen molar-refractivity contribution in [1.29, 1.82) is 0 Å². The molecule has 11 heteroatoms. The van der Waals surface area contributed by atoms with E-state index in [2.05, 4.69) is 10.4 Å². The Morgan fingerprint density at radius 1 is 0.970 bits per heavy atom. The fraction of sp³-hybridized carbons (Fsp3) is 0.0909. The highest BCUT2D eigenvalue weighted by molar-refractivity contribution is 6.55. The van der Waals surface area contributed by atoms with E-state index < -0.39 is 5.91 Å². The minimum Gasteiger partial charge on any atom is -0.482 e. The van der Waals surface area contributed by atoms with Gasteiger partial charge in [-0.2, -0.15) is 5.10 Å². The number of benzene rings is 2. The molecule has 6 nitrogen and oxygen atoms in total. The first-order valence-corrected chi connectivity index (χ1v) is 11.3. The first kappa shape index (κ1) is 23.8. The number of anilines is 1. The van der Waals surface area contributed by atoms with Crippen molar-refractivity contribution in [3.63, 3.8) is 0 Å². The van der Waals surface area contributed by atoms with Crippen LogP contribution >= 0.6 is 58.0 Å². The third-order valence-electron chi connectivity index (χ3n) is 4.50. The molecule has 2 aromatic heterocycles. The molecular formula is C22H14Cl5N3O3. The van der Waals surface area contributed by atoms with Crippen LogP contribution in [0, 0.1) is 0 Å². The lowest BCUT2D eigenvalue weighted by Crippen LogP contribution is -2.11.